The molecule has 0 aliphatic heterocycles. The molecular weight excluding hydrogens is 198 g/mol. The normalized spacial score (nSPS) is 10.9. The van der Waals surface area contributed by atoms with E-state index in [0.29, 0.717) is 11.4 Å². The second-order valence-electron chi connectivity index (χ2n) is 2.20. The summed E-state index contributed by atoms with van der Waals surface area (Å²) in [4.78, 5) is 0. The number of alkyl halides is 1. The Bertz CT molecular complexity index is 295. The van der Waals surface area contributed by atoms with E-state index in [1.54, 1.807) is 24.3 Å². The van der Waals surface area contributed by atoms with Crippen LogP contribution in [0.4, 0.5) is 4.39 Å². The summed E-state index contributed by atoms with van der Waals surface area (Å²) in [5.41, 5.74) is 0.461. The van der Waals surface area contributed by atoms with Crippen LogP contribution in [-0.4, -0.2) is 5.88 Å². The van der Waals surface area contributed by atoms with Gasteiger partial charge in [0.05, 0.1) is 5.02 Å². The summed E-state index contributed by atoms with van der Waals surface area (Å²) in [7, 11) is 0. The van der Waals surface area contributed by atoms with Crippen molar-refractivity contribution in [2.45, 2.75) is 0 Å². The van der Waals surface area contributed by atoms with E-state index in [4.69, 9.17) is 23.2 Å². The average Bonchev–Trinajstić information content (AvgIpc) is 2.08. The topological polar surface area (TPSA) is 0 Å². The molecule has 0 bridgehead atoms. The van der Waals surface area contributed by atoms with E-state index in [0.717, 1.165) is 0 Å². The first-order chi connectivity index (χ1) is 5.75. The summed E-state index contributed by atoms with van der Waals surface area (Å²) >= 11 is 11.0. The summed E-state index contributed by atoms with van der Waals surface area (Å²) in [6.07, 6.45) is 3.27. The molecule has 1 aromatic rings. The minimum Gasteiger partial charge on any atom is -0.205 e. The Kier molecular flexibility index (Phi) is 3.57. The number of hydrogen-bond donors (Lipinski definition) is 0. The van der Waals surface area contributed by atoms with Gasteiger partial charge in [-0.1, -0.05) is 35.9 Å². The van der Waals surface area contributed by atoms with E-state index in [1.807, 2.05) is 0 Å². The summed E-state index contributed by atoms with van der Waals surface area (Å²) in [6.45, 7) is 0. The second-order valence-corrected chi connectivity index (χ2v) is 2.92. The molecule has 0 aliphatic carbocycles. The fourth-order valence-electron chi connectivity index (χ4n) is 0.821. The van der Waals surface area contributed by atoms with Gasteiger partial charge in [0, 0.05) is 11.4 Å². The minimum atomic E-state index is -0.402. The molecule has 0 atom stereocenters. The molecule has 0 saturated heterocycles. The zero-order chi connectivity index (χ0) is 8.97. The van der Waals surface area contributed by atoms with E-state index in [9.17, 15) is 4.39 Å². The molecule has 1 aromatic carbocycles. The highest BCUT2D eigenvalue weighted by atomic mass is 35.5. The number of benzene rings is 1. The number of allylic oxidation sites excluding steroid dienone is 1. The highest BCUT2D eigenvalue weighted by Crippen LogP contribution is 2.18. The number of hydrogen-bond acceptors (Lipinski definition) is 0. The summed E-state index contributed by atoms with van der Waals surface area (Å²) in [5, 5.41) is 0.131. The first kappa shape index (κ1) is 9.56. The predicted molar refractivity (Wildman–Crippen MR) is 51.2 cm³/mol. The van der Waals surface area contributed by atoms with Crippen molar-refractivity contribution in [2.75, 3.05) is 5.88 Å². The van der Waals surface area contributed by atoms with Gasteiger partial charge in [0.25, 0.3) is 0 Å². The molecule has 64 valence electrons. The Hall–Kier alpha value is -0.530. The highest BCUT2D eigenvalue weighted by Gasteiger charge is 2.01. The van der Waals surface area contributed by atoms with Crippen molar-refractivity contribution in [3.8, 4) is 0 Å². The minimum absolute atomic E-state index is 0.131. The van der Waals surface area contributed by atoms with Crippen LogP contribution in [0.1, 0.15) is 5.56 Å². The van der Waals surface area contributed by atoms with E-state index in [1.165, 1.54) is 6.07 Å². The third-order valence-corrected chi connectivity index (χ3v) is 1.84. The molecule has 0 amide bonds. The van der Waals surface area contributed by atoms with E-state index < -0.39 is 5.82 Å². The molecule has 0 heterocycles. The molecule has 0 saturated carbocycles. The lowest BCUT2D eigenvalue weighted by molar-refractivity contribution is 0.625. The Morgan fingerprint density at radius 2 is 2.17 bits per heavy atom. The van der Waals surface area contributed by atoms with Crippen molar-refractivity contribution in [3.63, 3.8) is 0 Å². The van der Waals surface area contributed by atoms with Gasteiger partial charge in [-0.25, -0.2) is 4.39 Å². The molecule has 0 radical (unpaired) electrons. The molecule has 0 fully saturated rings. The van der Waals surface area contributed by atoms with Gasteiger partial charge in [0.1, 0.15) is 5.82 Å². The largest absolute Gasteiger partial charge is 0.205 e. The van der Waals surface area contributed by atoms with Gasteiger partial charge in [-0.05, 0) is 6.07 Å². The Morgan fingerprint density at radius 1 is 1.42 bits per heavy atom. The maximum atomic E-state index is 13.1. The van der Waals surface area contributed by atoms with Crippen molar-refractivity contribution in [1.29, 1.82) is 0 Å². The number of halogens is 3. The van der Waals surface area contributed by atoms with Gasteiger partial charge in [-0.3, -0.25) is 0 Å². The lowest BCUT2D eigenvalue weighted by Gasteiger charge is -1.97. The lowest BCUT2D eigenvalue weighted by atomic mass is 10.2. The zero-order valence-corrected chi connectivity index (χ0v) is 7.74. The van der Waals surface area contributed by atoms with E-state index in [2.05, 4.69) is 0 Å². The van der Waals surface area contributed by atoms with Crippen molar-refractivity contribution in [2.24, 2.45) is 0 Å². The smallest absolute Gasteiger partial charge is 0.148 e. The van der Waals surface area contributed by atoms with Crippen LogP contribution < -0.4 is 0 Å². The average molecular weight is 205 g/mol. The third kappa shape index (κ3) is 2.23. The maximum Gasteiger partial charge on any atom is 0.148 e. The molecule has 0 unspecified atom stereocenters. The summed E-state index contributed by atoms with van der Waals surface area (Å²) in [6, 6.07) is 4.85. The molecule has 0 spiro atoms. The quantitative estimate of drug-likeness (QED) is 0.645. The van der Waals surface area contributed by atoms with Gasteiger partial charge in [0.2, 0.25) is 0 Å². The van der Waals surface area contributed by atoms with Gasteiger partial charge >= 0.3 is 0 Å². The van der Waals surface area contributed by atoms with Crippen LogP contribution in [0, 0.1) is 5.82 Å². The maximum absolute atomic E-state index is 13.1. The molecule has 0 N–H and O–H groups in total. The third-order valence-electron chi connectivity index (χ3n) is 1.37. The van der Waals surface area contributed by atoms with Crippen LogP contribution in [-0.2, 0) is 0 Å². The van der Waals surface area contributed by atoms with Gasteiger partial charge in [0.15, 0.2) is 0 Å². The fourth-order valence-corrected chi connectivity index (χ4v) is 1.09. The van der Waals surface area contributed by atoms with Crippen molar-refractivity contribution < 1.29 is 4.39 Å². The Balaban J connectivity index is 3.00. The summed E-state index contributed by atoms with van der Waals surface area (Å²) in [5.74, 6) is -0.0353. The highest BCUT2D eigenvalue weighted by molar-refractivity contribution is 6.30. The van der Waals surface area contributed by atoms with Crippen LogP contribution >= 0.6 is 23.2 Å². The Morgan fingerprint density at radius 3 is 2.83 bits per heavy atom. The standard InChI is InChI=1S/C9H7Cl2F/c10-6-2-4-7-3-1-5-8(11)9(7)12/h1-5H,6H2. The SMILES string of the molecule is Fc1c(Cl)cccc1C=CCCl. The molecule has 3 heteroatoms. The Labute approximate surface area is 80.6 Å². The monoisotopic (exact) mass is 204 g/mol. The molecule has 1 rings (SSSR count). The molecule has 0 aromatic heterocycles. The van der Waals surface area contributed by atoms with E-state index >= 15 is 0 Å². The van der Waals surface area contributed by atoms with Crippen LogP contribution in [0.5, 0.6) is 0 Å². The summed E-state index contributed by atoms with van der Waals surface area (Å²) < 4.78 is 13.1. The van der Waals surface area contributed by atoms with Crippen LogP contribution in [0.15, 0.2) is 24.3 Å². The van der Waals surface area contributed by atoms with Gasteiger partial charge in [-0.15, -0.1) is 11.6 Å². The van der Waals surface area contributed by atoms with E-state index in [-0.39, 0.29) is 5.02 Å². The van der Waals surface area contributed by atoms with Crippen LogP contribution in [0.2, 0.25) is 5.02 Å². The lowest BCUT2D eigenvalue weighted by Crippen LogP contribution is -1.82. The molecule has 12 heavy (non-hydrogen) atoms. The zero-order valence-electron chi connectivity index (χ0n) is 6.23. The second kappa shape index (κ2) is 4.48. The first-order valence-electron chi connectivity index (χ1n) is 3.42. The van der Waals surface area contributed by atoms with Gasteiger partial charge in [-0.2, -0.15) is 0 Å². The van der Waals surface area contributed by atoms with Gasteiger partial charge < -0.3 is 0 Å². The van der Waals surface area contributed by atoms with Crippen molar-refractivity contribution in [3.05, 3.63) is 40.7 Å². The van der Waals surface area contributed by atoms with Crippen LogP contribution in [0.25, 0.3) is 6.08 Å². The molecule has 0 aliphatic rings. The predicted octanol–water partition coefficient (Wildman–Crippen LogP) is 3.73. The number of rotatable bonds is 2. The van der Waals surface area contributed by atoms with Crippen molar-refractivity contribution >= 4 is 29.3 Å². The molecule has 0 nitrogen and oxygen atoms in total. The van der Waals surface area contributed by atoms with Crippen molar-refractivity contribution in [1.82, 2.24) is 0 Å². The van der Waals surface area contributed by atoms with Crippen LogP contribution in [0.3, 0.4) is 0 Å². The fraction of sp³-hybridized carbons (Fsp3) is 0.111. The first-order valence-corrected chi connectivity index (χ1v) is 4.33. The molecular formula is C9H7Cl2F.